The molecule has 0 spiro atoms. The molecule has 4 aromatic rings. The molecule has 1 N–H and O–H groups in total. The third-order valence-corrected chi connectivity index (χ3v) is 8.55. The van der Waals surface area contributed by atoms with E-state index in [0.29, 0.717) is 6.54 Å². The molecular weight excluding hydrogens is 524 g/mol. The summed E-state index contributed by atoms with van der Waals surface area (Å²) in [7, 11) is 0. The van der Waals surface area contributed by atoms with Crippen LogP contribution in [0, 0.1) is 0 Å². The van der Waals surface area contributed by atoms with E-state index in [1.807, 2.05) is 39.2 Å². The predicted octanol–water partition coefficient (Wildman–Crippen LogP) is 5.10. The quantitative estimate of drug-likeness (QED) is 0.282. The molecule has 2 aliphatic rings. The first-order chi connectivity index (χ1) is 20.4. The number of benzene rings is 1. The number of ether oxygens (including phenoxy) is 1. The van der Waals surface area contributed by atoms with E-state index < -0.39 is 5.60 Å². The van der Waals surface area contributed by atoms with Crippen LogP contribution in [-0.2, 0) is 29.0 Å². The first kappa shape index (κ1) is 28.8. The number of rotatable bonds is 9. The highest BCUT2D eigenvalue weighted by atomic mass is 16.6. The molecule has 0 radical (unpaired) electrons. The van der Waals surface area contributed by atoms with E-state index in [1.165, 1.54) is 11.3 Å². The summed E-state index contributed by atoms with van der Waals surface area (Å²) in [6, 6.07) is 15.0. The number of aryl methyl sites for hydroxylation is 1. The highest BCUT2D eigenvalue weighted by Crippen LogP contribution is 2.36. The number of aromatic nitrogens is 3. The zero-order chi connectivity index (χ0) is 29.1. The van der Waals surface area contributed by atoms with Gasteiger partial charge in [-0.25, -0.2) is 0 Å². The van der Waals surface area contributed by atoms with Gasteiger partial charge in [-0.3, -0.25) is 19.7 Å². The molecule has 1 aromatic carbocycles. The third-order valence-electron chi connectivity index (χ3n) is 8.55. The van der Waals surface area contributed by atoms with Crippen LogP contribution in [0.15, 0.2) is 54.9 Å². The van der Waals surface area contributed by atoms with Crippen LogP contribution < -0.4 is 5.32 Å². The van der Waals surface area contributed by atoms with Crippen LogP contribution in [0.3, 0.4) is 0 Å². The summed E-state index contributed by atoms with van der Waals surface area (Å²) in [5.74, 6) is -0.238. The normalized spacial score (nSPS) is 18.0. The Balaban J connectivity index is 1.36. The lowest BCUT2D eigenvalue weighted by atomic mass is 9.90. The molecule has 42 heavy (non-hydrogen) atoms. The average molecular weight is 569 g/mol. The van der Waals surface area contributed by atoms with Crippen molar-refractivity contribution in [2.75, 3.05) is 39.3 Å². The molecule has 222 valence electrons. The van der Waals surface area contributed by atoms with Gasteiger partial charge in [-0.1, -0.05) is 24.3 Å². The number of carbonyl (C=O) groups excluding carboxylic acids is 1. The highest BCUT2D eigenvalue weighted by molar-refractivity contribution is 6.09. The SMILES string of the molecule is CC(C)(C)OC(=O)Cn1c2ccccc2c2ccnc(CN(CCCN3CCNCC3)C3CCCc4cccnc43)c21. The Morgan fingerprint density at radius 1 is 1.05 bits per heavy atom. The molecule has 4 heterocycles. The smallest absolute Gasteiger partial charge is 0.326 e. The lowest BCUT2D eigenvalue weighted by molar-refractivity contribution is -0.155. The largest absolute Gasteiger partial charge is 0.459 e. The molecule has 1 aliphatic heterocycles. The first-order valence-corrected chi connectivity index (χ1v) is 15.5. The molecule has 8 heteroatoms. The Morgan fingerprint density at radius 3 is 2.71 bits per heavy atom. The molecule has 0 amide bonds. The maximum Gasteiger partial charge on any atom is 0.326 e. The Morgan fingerprint density at radius 2 is 1.88 bits per heavy atom. The number of hydrogen-bond acceptors (Lipinski definition) is 7. The van der Waals surface area contributed by atoms with Gasteiger partial charge in [-0.15, -0.1) is 0 Å². The summed E-state index contributed by atoms with van der Waals surface area (Å²) in [5, 5.41) is 5.73. The number of fused-ring (bicyclic) bond motifs is 4. The second-order valence-corrected chi connectivity index (χ2v) is 12.7. The average Bonchev–Trinajstić information content (AvgIpc) is 3.30. The van der Waals surface area contributed by atoms with Gasteiger partial charge in [0.1, 0.15) is 12.1 Å². The highest BCUT2D eigenvalue weighted by Gasteiger charge is 2.29. The summed E-state index contributed by atoms with van der Waals surface area (Å²) in [4.78, 5) is 28.2. The van der Waals surface area contributed by atoms with Gasteiger partial charge >= 0.3 is 5.97 Å². The Hall–Kier alpha value is -3.33. The van der Waals surface area contributed by atoms with E-state index in [4.69, 9.17) is 14.7 Å². The van der Waals surface area contributed by atoms with Gasteiger partial charge in [0, 0.05) is 68.0 Å². The monoisotopic (exact) mass is 568 g/mol. The number of hydrogen-bond donors (Lipinski definition) is 1. The summed E-state index contributed by atoms with van der Waals surface area (Å²) in [5.41, 5.74) is 5.09. The summed E-state index contributed by atoms with van der Waals surface area (Å²) in [6.45, 7) is 13.0. The fraction of sp³-hybridized carbons (Fsp3) is 0.500. The lowest BCUT2D eigenvalue weighted by Gasteiger charge is -2.36. The molecule has 1 fully saturated rings. The molecule has 3 aromatic heterocycles. The van der Waals surface area contributed by atoms with E-state index >= 15 is 0 Å². The minimum atomic E-state index is -0.542. The molecule has 1 saturated heterocycles. The molecule has 8 nitrogen and oxygen atoms in total. The number of nitrogens with zero attached hydrogens (tertiary/aromatic N) is 5. The molecular formula is C34H44N6O2. The van der Waals surface area contributed by atoms with Crippen molar-refractivity contribution in [2.24, 2.45) is 0 Å². The number of carbonyl (C=O) groups is 1. The van der Waals surface area contributed by atoms with Crippen LogP contribution in [0.1, 0.15) is 63.0 Å². The van der Waals surface area contributed by atoms with Crippen LogP contribution in [-0.4, -0.2) is 75.2 Å². The Labute approximate surface area is 249 Å². The number of piperazine rings is 1. The second-order valence-electron chi connectivity index (χ2n) is 12.7. The number of esters is 1. The molecule has 1 aliphatic carbocycles. The number of nitrogens with one attached hydrogen (secondary N) is 1. The van der Waals surface area contributed by atoms with Gasteiger partial charge < -0.3 is 19.5 Å². The van der Waals surface area contributed by atoms with Gasteiger partial charge in [-0.2, -0.15) is 0 Å². The Kier molecular flexibility index (Phi) is 8.56. The first-order valence-electron chi connectivity index (χ1n) is 15.5. The van der Waals surface area contributed by atoms with Gasteiger partial charge in [0.25, 0.3) is 0 Å². The zero-order valence-electron chi connectivity index (χ0n) is 25.3. The molecule has 0 saturated carbocycles. The van der Waals surface area contributed by atoms with E-state index in [0.717, 1.165) is 92.5 Å². The van der Waals surface area contributed by atoms with Crippen LogP contribution in [0.25, 0.3) is 21.8 Å². The van der Waals surface area contributed by atoms with Crippen molar-refractivity contribution in [1.29, 1.82) is 0 Å². The fourth-order valence-electron chi connectivity index (χ4n) is 6.77. The van der Waals surface area contributed by atoms with E-state index in [9.17, 15) is 4.79 Å². The zero-order valence-corrected chi connectivity index (χ0v) is 25.3. The predicted molar refractivity (Wildman–Crippen MR) is 167 cm³/mol. The number of pyridine rings is 2. The summed E-state index contributed by atoms with van der Waals surface area (Å²) in [6.07, 6.45) is 8.30. The molecule has 1 unspecified atom stereocenters. The van der Waals surface area contributed by atoms with Gasteiger partial charge in [0.2, 0.25) is 0 Å². The lowest BCUT2D eigenvalue weighted by Crippen LogP contribution is -2.44. The second kappa shape index (κ2) is 12.5. The van der Waals surface area contributed by atoms with E-state index in [1.54, 1.807) is 0 Å². The van der Waals surface area contributed by atoms with Crippen LogP contribution in [0.2, 0.25) is 0 Å². The Bertz CT molecular complexity index is 1530. The van der Waals surface area contributed by atoms with Gasteiger partial charge in [0.05, 0.1) is 22.9 Å². The summed E-state index contributed by atoms with van der Waals surface area (Å²) < 4.78 is 7.88. The van der Waals surface area contributed by atoms with Crippen molar-refractivity contribution >= 4 is 27.8 Å². The summed E-state index contributed by atoms with van der Waals surface area (Å²) >= 11 is 0. The van der Waals surface area contributed by atoms with Crippen molar-refractivity contribution in [3.05, 3.63) is 71.8 Å². The minimum absolute atomic E-state index is 0.150. The maximum atomic E-state index is 13.1. The van der Waals surface area contributed by atoms with Crippen molar-refractivity contribution in [3.8, 4) is 0 Å². The topological polar surface area (TPSA) is 75.5 Å². The van der Waals surface area contributed by atoms with E-state index in [2.05, 4.69) is 56.1 Å². The third kappa shape index (κ3) is 6.36. The van der Waals surface area contributed by atoms with Crippen molar-refractivity contribution in [3.63, 3.8) is 0 Å². The minimum Gasteiger partial charge on any atom is -0.459 e. The van der Waals surface area contributed by atoms with Crippen molar-refractivity contribution in [1.82, 2.24) is 29.7 Å². The van der Waals surface area contributed by atoms with Crippen LogP contribution in [0.4, 0.5) is 0 Å². The van der Waals surface area contributed by atoms with Crippen molar-refractivity contribution < 1.29 is 9.53 Å². The van der Waals surface area contributed by atoms with Gasteiger partial charge in [0.15, 0.2) is 0 Å². The molecule has 6 rings (SSSR count). The standard InChI is InChI=1S/C34H44N6O2/c1-34(2,3)42-31(41)24-40-29-12-5-4-11-26(29)27-14-16-36-28(33(27)40)23-39(20-8-19-38-21-17-35-18-22-38)30-13-6-9-25-10-7-15-37-32(25)30/h4-5,7,10-12,14-16,30,35H,6,8-9,13,17-24H2,1-3H3. The number of para-hydroxylation sites is 1. The van der Waals surface area contributed by atoms with E-state index in [-0.39, 0.29) is 18.6 Å². The fourth-order valence-corrected chi connectivity index (χ4v) is 6.77. The van der Waals surface area contributed by atoms with Gasteiger partial charge in [-0.05, 0) is 76.8 Å². The molecule has 0 bridgehead atoms. The van der Waals surface area contributed by atoms with Crippen LogP contribution in [0.5, 0.6) is 0 Å². The van der Waals surface area contributed by atoms with Crippen LogP contribution >= 0.6 is 0 Å². The van der Waals surface area contributed by atoms with Crippen molar-refractivity contribution in [2.45, 2.75) is 71.2 Å². The molecule has 1 atom stereocenters. The maximum absolute atomic E-state index is 13.1.